The number of carbonyl (C=O) groups is 1. The second-order valence-electron chi connectivity index (χ2n) is 4.36. The highest BCUT2D eigenvalue weighted by molar-refractivity contribution is 5.97. The van der Waals surface area contributed by atoms with Gasteiger partial charge in [0.1, 0.15) is 0 Å². The first-order chi connectivity index (χ1) is 9.51. The molecular weight excluding hydrogens is 270 g/mol. The van der Waals surface area contributed by atoms with Gasteiger partial charge in [-0.3, -0.25) is 4.99 Å². The van der Waals surface area contributed by atoms with E-state index in [1.165, 1.54) is 19.4 Å². The minimum Gasteiger partial charge on any atom is -0.465 e. The Hall–Kier alpha value is -2.18. The van der Waals surface area contributed by atoms with E-state index >= 15 is 0 Å². The van der Waals surface area contributed by atoms with Gasteiger partial charge in [0.25, 0.3) is 0 Å². The van der Waals surface area contributed by atoms with Crippen molar-refractivity contribution in [1.82, 2.24) is 0 Å². The smallest absolute Gasteiger partial charge is 0.387 e. The van der Waals surface area contributed by atoms with Gasteiger partial charge in [-0.25, -0.2) is 4.79 Å². The van der Waals surface area contributed by atoms with E-state index in [0.29, 0.717) is 5.56 Å². The fourth-order valence-corrected chi connectivity index (χ4v) is 1.59. The number of rotatable bonds is 5. The number of halogens is 2. The summed E-state index contributed by atoms with van der Waals surface area (Å²) in [6, 6.07) is 2.81. The molecule has 20 heavy (non-hydrogen) atoms. The second kappa shape index (κ2) is 5.85. The van der Waals surface area contributed by atoms with E-state index in [9.17, 15) is 13.6 Å². The molecule has 0 saturated heterocycles. The zero-order valence-electron chi connectivity index (χ0n) is 10.8. The maximum atomic E-state index is 12.3. The number of benzene rings is 1. The summed E-state index contributed by atoms with van der Waals surface area (Å²) in [6.07, 6.45) is 3.46. The van der Waals surface area contributed by atoms with E-state index in [4.69, 9.17) is 5.73 Å². The van der Waals surface area contributed by atoms with Crippen LogP contribution in [-0.2, 0) is 4.74 Å². The van der Waals surface area contributed by atoms with Crippen molar-refractivity contribution in [3.05, 3.63) is 23.3 Å². The summed E-state index contributed by atoms with van der Waals surface area (Å²) in [5, 5.41) is 0. The fourth-order valence-electron chi connectivity index (χ4n) is 1.59. The Bertz CT molecular complexity index is 543. The van der Waals surface area contributed by atoms with Gasteiger partial charge in [-0.1, -0.05) is 0 Å². The van der Waals surface area contributed by atoms with Gasteiger partial charge in [-0.15, -0.1) is 0 Å². The number of anilines is 1. The molecule has 1 saturated carbocycles. The van der Waals surface area contributed by atoms with E-state index < -0.39 is 12.6 Å². The van der Waals surface area contributed by atoms with Gasteiger partial charge >= 0.3 is 12.6 Å². The number of aliphatic imine (C=N–C) groups is 1. The third-order valence-corrected chi connectivity index (χ3v) is 2.78. The molecule has 0 aromatic heterocycles. The molecule has 1 aromatic carbocycles. The van der Waals surface area contributed by atoms with Gasteiger partial charge in [0.05, 0.1) is 24.4 Å². The minimum atomic E-state index is -3.03. The van der Waals surface area contributed by atoms with Crippen molar-refractivity contribution in [2.45, 2.75) is 25.5 Å². The maximum Gasteiger partial charge on any atom is 0.387 e. The molecule has 0 heterocycles. The van der Waals surface area contributed by atoms with Crippen molar-refractivity contribution in [2.75, 3.05) is 12.8 Å². The Morgan fingerprint density at radius 1 is 1.50 bits per heavy atom. The molecule has 0 bridgehead atoms. The molecule has 108 valence electrons. The number of nitrogens with two attached hydrogens (primary N) is 1. The Balaban J connectivity index is 2.38. The zero-order chi connectivity index (χ0) is 14.7. The molecule has 0 atom stereocenters. The van der Waals surface area contributed by atoms with Crippen LogP contribution in [0.5, 0.6) is 5.75 Å². The molecular formula is C13H14F2N2O3. The third-order valence-electron chi connectivity index (χ3n) is 2.78. The van der Waals surface area contributed by atoms with Crippen molar-refractivity contribution < 1.29 is 23.0 Å². The van der Waals surface area contributed by atoms with Crippen LogP contribution in [0.1, 0.15) is 28.8 Å². The lowest BCUT2D eigenvalue weighted by molar-refractivity contribution is -0.0494. The molecule has 5 nitrogen and oxygen atoms in total. The van der Waals surface area contributed by atoms with Crippen LogP contribution in [0, 0.1) is 0 Å². The Morgan fingerprint density at radius 2 is 2.20 bits per heavy atom. The fraction of sp³-hybridized carbons (Fsp3) is 0.385. The summed E-state index contributed by atoms with van der Waals surface area (Å²) in [5.74, 6) is -0.926. The van der Waals surface area contributed by atoms with E-state index in [1.54, 1.807) is 0 Å². The van der Waals surface area contributed by atoms with Crippen molar-refractivity contribution >= 4 is 17.9 Å². The summed E-state index contributed by atoms with van der Waals surface area (Å²) >= 11 is 0. The van der Waals surface area contributed by atoms with Crippen LogP contribution in [0.25, 0.3) is 0 Å². The maximum absolute atomic E-state index is 12.3. The summed E-state index contributed by atoms with van der Waals surface area (Å²) in [5.41, 5.74) is 6.20. The number of methoxy groups -OCH3 is 1. The van der Waals surface area contributed by atoms with Crippen molar-refractivity contribution in [1.29, 1.82) is 0 Å². The molecule has 0 unspecified atom stereocenters. The Kier molecular flexibility index (Phi) is 4.16. The average Bonchev–Trinajstić information content (AvgIpc) is 3.22. The predicted molar refractivity (Wildman–Crippen MR) is 69.4 cm³/mol. The number of ether oxygens (including phenoxy) is 2. The van der Waals surface area contributed by atoms with Crippen molar-refractivity contribution in [3.63, 3.8) is 0 Å². The normalized spacial score (nSPS) is 14.8. The summed E-state index contributed by atoms with van der Waals surface area (Å²) in [7, 11) is 1.20. The van der Waals surface area contributed by atoms with Crippen LogP contribution in [-0.4, -0.2) is 31.9 Å². The van der Waals surface area contributed by atoms with Crippen LogP contribution in [0.4, 0.5) is 14.5 Å². The van der Waals surface area contributed by atoms with Gasteiger partial charge in [0, 0.05) is 11.8 Å². The topological polar surface area (TPSA) is 73.9 Å². The van der Waals surface area contributed by atoms with E-state index in [2.05, 4.69) is 14.5 Å². The quantitative estimate of drug-likeness (QED) is 0.511. The standard InChI is InChI=1S/C13H14F2N2O3/c1-19-12(18)7-4-8(6-17-9-2-3-9)11(16)10(5-7)20-13(14)15/h4-6,9,13H,2-3,16H2,1H3. The minimum absolute atomic E-state index is 0.0161. The van der Waals surface area contributed by atoms with Crippen LogP contribution in [0.3, 0.4) is 0 Å². The molecule has 0 aliphatic heterocycles. The van der Waals surface area contributed by atoms with Crippen LogP contribution in [0.2, 0.25) is 0 Å². The number of nitrogens with zero attached hydrogens (tertiary/aromatic N) is 1. The highest BCUT2D eigenvalue weighted by atomic mass is 19.3. The number of hydrogen-bond acceptors (Lipinski definition) is 5. The number of carbonyl (C=O) groups excluding carboxylic acids is 1. The first kappa shape index (κ1) is 14.2. The molecule has 0 spiro atoms. The first-order valence-electron chi connectivity index (χ1n) is 6.01. The lowest BCUT2D eigenvalue weighted by Crippen LogP contribution is -2.09. The molecule has 1 aromatic rings. The summed E-state index contributed by atoms with van der Waals surface area (Å²) < 4.78 is 33.6. The largest absolute Gasteiger partial charge is 0.465 e. The van der Waals surface area contributed by atoms with Crippen LogP contribution in [0.15, 0.2) is 17.1 Å². The molecule has 2 rings (SSSR count). The first-order valence-corrected chi connectivity index (χ1v) is 6.01. The third kappa shape index (κ3) is 3.43. The molecule has 1 aliphatic rings. The van der Waals surface area contributed by atoms with Crippen molar-refractivity contribution in [3.8, 4) is 5.75 Å². The Morgan fingerprint density at radius 3 is 2.75 bits per heavy atom. The highest BCUT2D eigenvalue weighted by Gasteiger charge is 2.20. The van der Waals surface area contributed by atoms with E-state index in [1.807, 2.05) is 0 Å². The van der Waals surface area contributed by atoms with Gasteiger partial charge in [0.2, 0.25) is 0 Å². The van der Waals surface area contributed by atoms with E-state index in [-0.39, 0.29) is 23.0 Å². The number of nitrogen functional groups attached to an aromatic ring is 1. The van der Waals surface area contributed by atoms with Gasteiger partial charge in [0.15, 0.2) is 5.75 Å². The molecule has 0 radical (unpaired) electrons. The van der Waals surface area contributed by atoms with Gasteiger partial charge < -0.3 is 15.2 Å². The lowest BCUT2D eigenvalue weighted by atomic mass is 10.1. The van der Waals surface area contributed by atoms with Gasteiger partial charge in [-0.05, 0) is 25.0 Å². The van der Waals surface area contributed by atoms with E-state index in [0.717, 1.165) is 18.9 Å². The molecule has 0 amide bonds. The number of alkyl halides is 2. The summed E-state index contributed by atoms with van der Waals surface area (Å²) in [4.78, 5) is 15.7. The number of hydrogen-bond donors (Lipinski definition) is 1. The lowest BCUT2D eigenvalue weighted by Gasteiger charge is -2.11. The van der Waals surface area contributed by atoms with Crippen LogP contribution < -0.4 is 10.5 Å². The number of esters is 1. The molecule has 2 N–H and O–H groups in total. The van der Waals surface area contributed by atoms with Crippen LogP contribution >= 0.6 is 0 Å². The SMILES string of the molecule is COC(=O)c1cc(C=NC2CC2)c(N)c(OC(F)F)c1. The average molecular weight is 284 g/mol. The van der Waals surface area contributed by atoms with Gasteiger partial charge in [-0.2, -0.15) is 8.78 Å². The monoisotopic (exact) mass is 284 g/mol. The highest BCUT2D eigenvalue weighted by Crippen LogP contribution is 2.29. The second-order valence-corrected chi connectivity index (χ2v) is 4.36. The molecule has 7 heteroatoms. The zero-order valence-corrected chi connectivity index (χ0v) is 10.8. The molecule has 1 fully saturated rings. The Labute approximate surface area is 114 Å². The molecule has 1 aliphatic carbocycles. The summed E-state index contributed by atoms with van der Waals surface area (Å²) in [6.45, 7) is -3.03. The van der Waals surface area contributed by atoms with Crippen molar-refractivity contribution in [2.24, 2.45) is 4.99 Å². The predicted octanol–water partition coefficient (Wildman–Crippen LogP) is 2.24.